The molecule has 0 aliphatic heterocycles. The zero-order valence-electron chi connectivity index (χ0n) is 14.7. The van der Waals surface area contributed by atoms with Crippen LogP contribution >= 0.6 is 0 Å². The van der Waals surface area contributed by atoms with Crippen LogP contribution in [0.15, 0.2) is 29.2 Å². The van der Waals surface area contributed by atoms with Gasteiger partial charge >= 0.3 is 0 Å². The van der Waals surface area contributed by atoms with Crippen molar-refractivity contribution in [3.05, 3.63) is 29.8 Å². The van der Waals surface area contributed by atoms with Gasteiger partial charge in [-0.1, -0.05) is 19.9 Å². The van der Waals surface area contributed by atoms with E-state index >= 15 is 0 Å². The van der Waals surface area contributed by atoms with Crippen molar-refractivity contribution in [2.24, 2.45) is 5.92 Å². The van der Waals surface area contributed by atoms with Crippen LogP contribution in [0.3, 0.4) is 0 Å². The molecule has 0 saturated heterocycles. The van der Waals surface area contributed by atoms with Crippen molar-refractivity contribution in [1.82, 2.24) is 9.21 Å². The van der Waals surface area contributed by atoms with E-state index < -0.39 is 10.0 Å². The third kappa shape index (κ3) is 4.56. The van der Waals surface area contributed by atoms with Crippen molar-refractivity contribution in [2.45, 2.75) is 32.6 Å². The van der Waals surface area contributed by atoms with Gasteiger partial charge in [-0.25, -0.2) is 8.42 Å². The normalized spacial score (nSPS) is 12.7. The number of carbonyl (C=O) groups excluding carboxylic acids is 1. The lowest BCUT2D eigenvalue weighted by atomic mass is 10.1. The van der Waals surface area contributed by atoms with Crippen LogP contribution in [-0.2, 0) is 10.0 Å². The van der Waals surface area contributed by atoms with Crippen LogP contribution in [0.4, 0.5) is 0 Å². The highest BCUT2D eigenvalue weighted by Crippen LogP contribution is 2.18. The summed E-state index contributed by atoms with van der Waals surface area (Å²) in [7, 11) is -3.61. The average molecular weight is 351 g/mol. The third-order valence-electron chi connectivity index (χ3n) is 3.81. The van der Waals surface area contributed by atoms with Crippen molar-refractivity contribution in [1.29, 1.82) is 5.26 Å². The summed E-state index contributed by atoms with van der Waals surface area (Å²) in [5.74, 6) is -0.548. The van der Waals surface area contributed by atoms with E-state index in [9.17, 15) is 13.2 Å². The Bertz CT molecular complexity index is 706. The van der Waals surface area contributed by atoms with Crippen molar-refractivity contribution in [2.75, 3.05) is 26.2 Å². The second-order valence-corrected chi connectivity index (χ2v) is 7.43. The van der Waals surface area contributed by atoms with Crippen molar-refractivity contribution < 1.29 is 13.2 Å². The quantitative estimate of drug-likeness (QED) is 0.720. The maximum atomic E-state index is 12.6. The van der Waals surface area contributed by atoms with E-state index in [-0.39, 0.29) is 16.7 Å². The molecule has 0 heterocycles. The lowest BCUT2D eigenvalue weighted by Crippen LogP contribution is -2.34. The molecule has 0 aliphatic rings. The summed E-state index contributed by atoms with van der Waals surface area (Å²) in [6.07, 6.45) is 0. The fourth-order valence-corrected chi connectivity index (χ4v) is 3.92. The smallest absolute Gasteiger partial charge is 0.253 e. The Morgan fingerprint density at radius 3 is 2.33 bits per heavy atom. The van der Waals surface area contributed by atoms with Gasteiger partial charge in [-0.05, 0) is 32.0 Å². The van der Waals surface area contributed by atoms with Gasteiger partial charge in [0.15, 0.2) is 0 Å². The Morgan fingerprint density at radius 2 is 1.83 bits per heavy atom. The summed E-state index contributed by atoms with van der Waals surface area (Å²) in [5.41, 5.74) is 0.315. The van der Waals surface area contributed by atoms with Gasteiger partial charge in [0, 0.05) is 31.7 Å². The van der Waals surface area contributed by atoms with Crippen LogP contribution < -0.4 is 0 Å². The summed E-state index contributed by atoms with van der Waals surface area (Å²) < 4.78 is 26.5. The minimum absolute atomic E-state index is 0.112. The van der Waals surface area contributed by atoms with Crippen LogP contribution in [0.25, 0.3) is 0 Å². The van der Waals surface area contributed by atoms with Crippen LogP contribution in [0, 0.1) is 17.2 Å². The van der Waals surface area contributed by atoms with Crippen LogP contribution in [-0.4, -0.2) is 49.7 Å². The molecule has 0 aliphatic carbocycles. The zero-order valence-corrected chi connectivity index (χ0v) is 15.5. The Labute approximate surface area is 144 Å². The number of hydrogen-bond donors (Lipinski definition) is 0. The van der Waals surface area contributed by atoms with Crippen molar-refractivity contribution >= 4 is 15.9 Å². The summed E-state index contributed by atoms with van der Waals surface area (Å²) in [6, 6.07) is 8.19. The summed E-state index contributed by atoms with van der Waals surface area (Å²) in [4.78, 5) is 14.3. The predicted molar refractivity (Wildman–Crippen MR) is 92.9 cm³/mol. The molecule has 0 bridgehead atoms. The molecule has 132 valence electrons. The molecule has 1 unspecified atom stereocenters. The van der Waals surface area contributed by atoms with Gasteiger partial charge in [0.1, 0.15) is 0 Å². The second-order valence-electron chi connectivity index (χ2n) is 5.49. The molecule has 0 spiro atoms. The molecule has 24 heavy (non-hydrogen) atoms. The summed E-state index contributed by atoms with van der Waals surface area (Å²) in [6.45, 7) is 8.65. The molecule has 0 saturated carbocycles. The van der Waals surface area contributed by atoms with E-state index in [1.54, 1.807) is 37.8 Å². The number of rotatable bonds is 8. The van der Waals surface area contributed by atoms with Gasteiger partial charge < -0.3 is 4.90 Å². The third-order valence-corrected chi connectivity index (χ3v) is 5.85. The first kappa shape index (κ1) is 20.1. The number of amides is 1. The topological polar surface area (TPSA) is 81.5 Å². The molecule has 1 aromatic carbocycles. The van der Waals surface area contributed by atoms with Crippen LogP contribution in [0.2, 0.25) is 0 Å². The fraction of sp³-hybridized carbons (Fsp3) is 0.529. The minimum Gasteiger partial charge on any atom is -0.338 e. The van der Waals surface area contributed by atoms with E-state index in [0.717, 1.165) is 0 Å². The lowest BCUT2D eigenvalue weighted by Gasteiger charge is -2.23. The second kappa shape index (κ2) is 8.81. The number of nitriles is 1. The lowest BCUT2D eigenvalue weighted by molar-refractivity contribution is 0.0752. The number of hydrogen-bond acceptors (Lipinski definition) is 4. The van der Waals surface area contributed by atoms with Gasteiger partial charge in [-0.3, -0.25) is 4.79 Å². The predicted octanol–water partition coefficient (Wildman–Crippen LogP) is 2.34. The maximum Gasteiger partial charge on any atom is 0.253 e. The van der Waals surface area contributed by atoms with Crippen LogP contribution in [0.1, 0.15) is 38.1 Å². The first-order valence-corrected chi connectivity index (χ1v) is 9.54. The Balaban J connectivity index is 3.16. The van der Waals surface area contributed by atoms with E-state index in [0.29, 0.717) is 31.7 Å². The molecular weight excluding hydrogens is 326 g/mol. The number of carbonyl (C=O) groups is 1. The molecular formula is C17H25N3O3S. The summed E-state index contributed by atoms with van der Waals surface area (Å²) in [5, 5.41) is 8.92. The maximum absolute atomic E-state index is 12.6. The number of benzene rings is 1. The standard InChI is InChI=1S/C17H25N3O3S/c1-5-19(13-14(4)12-18)17(21)15-9-8-10-16(11-15)24(22,23)20(6-2)7-3/h8-11,14H,5-7,13H2,1-4H3. The van der Waals surface area contributed by atoms with Crippen molar-refractivity contribution in [3.8, 4) is 6.07 Å². The molecule has 1 rings (SSSR count). The Hall–Kier alpha value is -1.91. The highest BCUT2D eigenvalue weighted by atomic mass is 32.2. The first-order valence-electron chi connectivity index (χ1n) is 8.10. The Morgan fingerprint density at radius 1 is 1.21 bits per heavy atom. The molecule has 0 aromatic heterocycles. The van der Waals surface area contributed by atoms with Gasteiger partial charge in [-0.15, -0.1) is 0 Å². The highest BCUT2D eigenvalue weighted by Gasteiger charge is 2.24. The van der Waals surface area contributed by atoms with E-state index in [1.807, 2.05) is 6.92 Å². The van der Waals surface area contributed by atoms with Crippen LogP contribution in [0.5, 0.6) is 0 Å². The zero-order chi connectivity index (χ0) is 18.3. The molecule has 1 atom stereocenters. The van der Waals surface area contributed by atoms with Gasteiger partial charge in [0.05, 0.1) is 16.9 Å². The van der Waals surface area contributed by atoms with Crippen molar-refractivity contribution in [3.63, 3.8) is 0 Å². The molecule has 6 nitrogen and oxygen atoms in total. The monoisotopic (exact) mass is 351 g/mol. The SMILES string of the molecule is CCN(CC(C)C#N)C(=O)c1cccc(S(=O)(=O)N(CC)CC)c1. The molecule has 0 fully saturated rings. The fourth-order valence-electron chi connectivity index (χ4n) is 2.41. The van der Waals surface area contributed by atoms with Gasteiger partial charge in [-0.2, -0.15) is 9.57 Å². The van der Waals surface area contributed by atoms with E-state index in [4.69, 9.17) is 5.26 Å². The largest absolute Gasteiger partial charge is 0.338 e. The minimum atomic E-state index is -3.61. The first-order chi connectivity index (χ1) is 11.3. The molecule has 1 amide bonds. The van der Waals surface area contributed by atoms with E-state index in [1.165, 1.54) is 16.4 Å². The number of sulfonamides is 1. The van der Waals surface area contributed by atoms with Gasteiger partial charge in [0.2, 0.25) is 10.0 Å². The summed E-state index contributed by atoms with van der Waals surface area (Å²) >= 11 is 0. The molecule has 7 heteroatoms. The van der Waals surface area contributed by atoms with E-state index in [2.05, 4.69) is 6.07 Å². The molecule has 1 aromatic rings. The highest BCUT2D eigenvalue weighted by molar-refractivity contribution is 7.89. The van der Waals surface area contributed by atoms with Gasteiger partial charge in [0.25, 0.3) is 5.91 Å². The molecule has 0 radical (unpaired) electrons. The molecule has 0 N–H and O–H groups in total. The number of nitrogens with zero attached hydrogens (tertiary/aromatic N) is 3. The Kier molecular flexibility index (Phi) is 7.39. The average Bonchev–Trinajstić information content (AvgIpc) is 2.59.